The van der Waals surface area contributed by atoms with Gasteiger partial charge in [0.1, 0.15) is 11.4 Å². The molecule has 1 fully saturated rings. The SMILES string of the molecule is COc1ccc2cc(C(=O)OCC(=O)Nc3ccc(N4CCN(Cc5ccccc5)CC4)cc3)[nH]c2c1. The number of aromatic nitrogens is 1. The summed E-state index contributed by atoms with van der Waals surface area (Å²) in [7, 11) is 1.58. The number of piperazine rings is 1. The van der Waals surface area contributed by atoms with Crippen molar-refractivity contribution in [3.8, 4) is 5.75 Å². The second-order valence-electron chi connectivity index (χ2n) is 9.06. The summed E-state index contributed by atoms with van der Waals surface area (Å²) < 4.78 is 10.4. The quantitative estimate of drug-likeness (QED) is 0.353. The number of amides is 1. The highest BCUT2D eigenvalue weighted by Gasteiger charge is 2.18. The van der Waals surface area contributed by atoms with E-state index < -0.39 is 11.9 Å². The normalized spacial score (nSPS) is 13.9. The van der Waals surface area contributed by atoms with Crippen molar-refractivity contribution in [3.63, 3.8) is 0 Å². The molecule has 1 saturated heterocycles. The van der Waals surface area contributed by atoms with Gasteiger partial charge in [-0.25, -0.2) is 4.79 Å². The number of hydrogen-bond acceptors (Lipinski definition) is 6. The molecule has 1 aliphatic rings. The van der Waals surface area contributed by atoms with Gasteiger partial charge >= 0.3 is 5.97 Å². The molecule has 5 rings (SSSR count). The van der Waals surface area contributed by atoms with Gasteiger partial charge in [0.2, 0.25) is 0 Å². The lowest BCUT2D eigenvalue weighted by atomic mass is 10.2. The molecule has 0 unspecified atom stereocenters. The average Bonchev–Trinajstić information content (AvgIpc) is 3.37. The Labute approximate surface area is 215 Å². The summed E-state index contributed by atoms with van der Waals surface area (Å²) in [4.78, 5) is 32.6. The first kappa shape index (κ1) is 24.4. The van der Waals surface area contributed by atoms with Gasteiger partial charge in [-0.2, -0.15) is 0 Å². The number of carbonyl (C=O) groups is 2. The maximum atomic E-state index is 12.4. The zero-order valence-corrected chi connectivity index (χ0v) is 20.8. The van der Waals surface area contributed by atoms with Crippen molar-refractivity contribution in [3.05, 3.63) is 90.1 Å². The van der Waals surface area contributed by atoms with Crippen molar-refractivity contribution in [1.29, 1.82) is 0 Å². The fraction of sp³-hybridized carbons (Fsp3) is 0.241. The Morgan fingerprint density at radius 3 is 2.41 bits per heavy atom. The number of anilines is 2. The minimum Gasteiger partial charge on any atom is -0.497 e. The lowest BCUT2D eigenvalue weighted by Crippen LogP contribution is -2.45. The first-order valence-corrected chi connectivity index (χ1v) is 12.3. The van der Waals surface area contributed by atoms with Crippen LogP contribution in [-0.2, 0) is 16.1 Å². The van der Waals surface area contributed by atoms with Crippen LogP contribution < -0.4 is 15.0 Å². The first-order valence-electron chi connectivity index (χ1n) is 12.3. The van der Waals surface area contributed by atoms with E-state index in [2.05, 4.69) is 44.4 Å². The minimum atomic E-state index is -0.591. The molecule has 0 radical (unpaired) electrons. The van der Waals surface area contributed by atoms with E-state index in [1.54, 1.807) is 19.2 Å². The molecule has 4 aromatic rings. The van der Waals surface area contributed by atoms with E-state index in [0.29, 0.717) is 11.4 Å². The topological polar surface area (TPSA) is 86.9 Å². The highest BCUT2D eigenvalue weighted by molar-refractivity contribution is 5.97. The number of carbonyl (C=O) groups excluding carboxylic acids is 2. The molecule has 0 spiro atoms. The molecule has 0 aliphatic carbocycles. The summed E-state index contributed by atoms with van der Waals surface area (Å²) in [5, 5.41) is 3.64. The van der Waals surface area contributed by atoms with E-state index in [9.17, 15) is 9.59 Å². The number of H-pyrrole nitrogens is 1. The Morgan fingerprint density at radius 1 is 0.919 bits per heavy atom. The molecule has 2 heterocycles. The van der Waals surface area contributed by atoms with Crippen LogP contribution in [0.3, 0.4) is 0 Å². The van der Waals surface area contributed by atoms with E-state index in [4.69, 9.17) is 9.47 Å². The zero-order chi connectivity index (χ0) is 25.6. The molecule has 190 valence electrons. The van der Waals surface area contributed by atoms with Gasteiger partial charge in [-0.3, -0.25) is 9.69 Å². The molecule has 8 heteroatoms. The second kappa shape index (κ2) is 11.2. The van der Waals surface area contributed by atoms with Crippen LogP contribution in [-0.4, -0.2) is 61.7 Å². The lowest BCUT2D eigenvalue weighted by Gasteiger charge is -2.36. The fourth-order valence-electron chi connectivity index (χ4n) is 4.51. The van der Waals surface area contributed by atoms with Crippen LogP contribution >= 0.6 is 0 Å². The van der Waals surface area contributed by atoms with Gasteiger partial charge in [-0.15, -0.1) is 0 Å². The van der Waals surface area contributed by atoms with Gasteiger partial charge in [0.15, 0.2) is 6.61 Å². The van der Waals surface area contributed by atoms with Crippen molar-refractivity contribution in [2.75, 3.05) is 50.1 Å². The van der Waals surface area contributed by atoms with Crippen molar-refractivity contribution < 1.29 is 19.1 Å². The van der Waals surface area contributed by atoms with Crippen LogP contribution in [0.2, 0.25) is 0 Å². The number of nitrogens with one attached hydrogen (secondary N) is 2. The fourth-order valence-corrected chi connectivity index (χ4v) is 4.51. The van der Waals surface area contributed by atoms with Crippen molar-refractivity contribution in [2.24, 2.45) is 0 Å². The Kier molecular flexibility index (Phi) is 7.37. The molecule has 1 amide bonds. The van der Waals surface area contributed by atoms with E-state index in [0.717, 1.165) is 49.3 Å². The number of benzene rings is 3. The number of ether oxygens (including phenoxy) is 2. The van der Waals surface area contributed by atoms with Crippen molar-refractivity contribution >= 4 is 34.2 Å². The van der Waals surface area contributed by atoms with E-state index in [1.165, 1.54) is 5.56 Å². The van der Waals surface area contributed by atoms with Gasteiger partial charge in [-0.05, 0) is 48.0 Å². The summed E-state index contributed by atoms with van der Waals surface area (Å²) in [6.07, 6.45) is 0. The lowest BCUT2D eigenvalue weighted by molar-refractivity contribution is -0.119. The van der Waals surface area contributed by atoms with Crippen LogP contribution in [0, 0.1) is 0 Å². The van der Waals surface area contributed by atoms with Crippen LogP contribution in [0.4, 0.5) is 11.4 Å². The maximum Gasteiger partial charge on any atom is 0.355 e. The minimum absolute atomic E-state index is 0.282. The molecular weight excluding hydrogens is 468 g/mol. The first-order chi connectivity index (χ1) is 18.1. The van der Waals surface area contributed by atoms with Crippen molar-refractivity contribution in [1.82, 2.24) is 9.88 Å². The molecule has 0 bridgehead atoms. The van der Waals surface area contributed by atoms with Crippen LogP contribution in [0.5, 0.6) is 5.75 Å². The Morgan fingerprint density at radius 2 is 1.68 bits per heavy atom. The van der Waals surface area contributed by atoms with Gasteiger partial charge < -0.3 is 24.7 Å². The number of hydrogen-bond donors (Lipinski definition) is 2. The highest BCUT2D eigenvalue weighted by atomic mass is 16.5. The third kappa shape index (κ3) is 6.10. The molecular formula is C29H30N4O4. The van der Waals surface area contributed by atoms with Gasteiger partial charge in [0.25, 0.3) is 5.91 Å². The predicted octanol–water partition coefficient (Wildman–Crippen LogP) is 4.29. The molecule has 2 N–H and O–H groups in total. The molecule has 1 aromatic heterocycles. The van der Waals surface area contributed by atoms with Crippen molar-refractivity contribution in [2.45, 2.75) is 6.54 Å². The summed E-state index contributed by atoms with van der Waals surface area (Å²) >= 11 is 0. The number of aromatic amines is 1. The number of rotatable bonds is 8. The molecule has 8 nitrogen and oxygen atoms in total. The maximum absolute atomic E-state index is 12.4. The van der Waals surface area contributed by atoms with E-state index >= 15 is 0 Å². The van der Waals surface area contributed by atoms with Crippen LogP contribution in [0.1, 0.15) is 16.1 Å². The summed E-state index contributed by atoms with van der Waals surface area (Å²) in [5.41, 5.74) is 4.16. The zero-order valence-electron chi connectivity index (χ0n) is 20.8. The molecule has 1 aliphatic heterocycles. The van der Waals surface area contributed by atoms with E-state index in [-0.39, 0.29) is 12.3 Å². The van der Waals surface area contributed by atoms with Gasteiger partial charge in [-0.1, -0.05) is 30.3 Å². The second-order valence-corrected chi connectivity index (χ2v) is 9.06. The largest absolute Gasteiger partial charge is 0.497 e. The summed E-state index contributed by atoms with van der Waals surface area (Å²) in [6, 6.07) is 25.5. The molecule has 37 heavy (non-hydrogen) atoms. The Hall–Kier alpha value is -4.30. The van der Waals surface area contributed by atoms with Crippen LogP contribution in [0.25, 0.3) is 10.9 Å². The number of nitrogens with zero attached hydrogens (tertiary/aromatic N) is 2. The molecule has 0 atom stereocenters. The number of methoxy groups -OCH3 is 1. The molecule has 0 saturated carbocycles. The standard InChI is InChI=1S/C29H30N4O4/c1-36-25-12-7-22-17-27(31-26(22)18-25)29(35)37-20-28(34)30-23-8-10-24(11-9-23)33-15-13-32(14-16-33)19-21-5-3-2-4-6-21/h2-12,17-18,31H,13-16,19-20H2,1H3,(H,30,34). The number of fused-ring (bicyclic) bond motifs is 1. The third-order valence-electron chi connectivity index (χ3n) is 6.52. The monoisotopic (exact) mass is 498 g/mol. The van der Waals surface area contributed by atoms with Gasteiger partial charge in [0, 0.05) is 61.1 Å². The molecule has 3 aromatic carbocycles. The third-order valence-corrected chi connectivity index (χ3v) is 6.52. The van der Waals surface area contributed by atoms with Gasteiger partial charge in [0.05, 0.1) is 7.11 Å². The Bertz CT molecular complexity index is 1360. The Balaban J connectivity index is 1.08. The summed E-state index contributed by atoms with van der Waals surface area (Å²) in [5.74, 6) is -0.301. The summed E-state index contributed by atoms with van der Waals surface area (Å²) in [6.45, 7) is 4.51. The average molecular weight is 499 g/mol. The smallest absolute Gasteiger partial charge is 0.355 e. The van der Waals surface area contributed by atoms with E-state index in [1.807, 2.05) is 42.5 Å². The van der Waals surface area contributed by atoms with Crippen LogP contribution in [0.15, 0.2) is 78.9 Å². The predicted molar refractivity (Wildman–Crippen MR) is 144 cm³/mol. The highest BCUT2D eigenvalue weighted by Crippen LogP contribution is 2.22. The number of esters is 1.